The number of aliphatic hydroxyl groups is 2. The van der Waals surface area contributed by atoms with E-state index in [0.29, 0.717) is 35.2 Å². The summed E-state index contributed by atoms with van der Waals surface area (Å²) in [5.74, 6) is -0.706. The van der Waals surface area contributed by atoms with Crippen LogP contribution in [0.25, 0.3) is 16.2 Å². The Kier molecular flexibility index (Phi) is 5.67. The number of aryl methyl sites for hydroxylation is 1. The van der Waals surface area contributed by atoms with E-state index in [-0.39, 0.29) is 17.6 Å². The van der Waals surface area contributed by atoms with Gasteiger partial charge in [-0.1, -0.05) is 5.16 Å². The van der Waals surface area contributed by atoms with Crippen LogP contribution < -0.4 is 10.3 Å². The molecule has 4 heterocycles. The number of thiazole rings is 1. The predicted molar refractivity (Wildman–Crippen MR) is 113 cm³/mol. The monoisotopic (exact) mass is 445 g/mol. The summed E-state index contributed by atoms with van der Waals surface area (Å²) in [4.78, 5) is 40.2. The third kappa shape index (κ3) is 4.00. The van der Waals surface area contributed by atoms with Gasteiger partial charge in [0.15, 0.2) is 10.8 Å². The molecule has 1 aliphatic heterocycles. The Morgan fingerprint density at radius 1 is 1.42 bits per heavy atom. The van der Waals surface area contributed by atoms with E-state index in [0.717, 1.165) is 5.71 Å². The van der Waals surface area contributed by atoms with E-state index < -0.39 is 24.1 Å². The first kappa shape index (κ1) is 20.9. The van der Waals surface area contributed by atoms with Gasteiger partial charge in [-0.05, 0) is 18.6 Å². The van der Waals surface area contributed by atoms with Gasteiger partial charge in [0.1, 0.15) is 24.1 Å². The number of hydrogen-bond acceptors (Lipinski definition) is 10. The van der Waals surface area contributed by atoms with Gasteiger partial charge in [0.05, 0.1) is 30.8 Å². The van der Waals surface area contributed by atoms with Crippen LogP contribution in [0.3, 0.4) is 0 Å². The van der Waals surface area contributed by atoms with E-state index in [1.165, 1.54) is 22.1 Å². The van der Waals surface area contributed by atoms with Gasteiger partial charge >= 0.3 is 5.97 Å². The van der Waals surface area contributed by atoms with Crippen molar-refractivity contribution in [3.63, 3.8) is 0 Å². The largest absolute Gasteiger partial charge is 0.477 e. The molecule has 0 amide bonds. The number of carboxylic acid groups (broad SMARTS) is 1. The van der Waals surface area contributed by atoms with Crippen LogP contribution in [0.4, 0.5) is 5.82 Å². The standard InChI is InChI=1S/C19H19N5O6S/c1-10-4-14(23-5-11(6-23)22-30-9-12(26)8-25)21-17-15(10)16(27)13(18(28)29)7-24(17)19-20-2-3-31-19/h2-4,7,12,25-26H,5-6,8-9H2,1H3,(H,28,29)/t12-/m0/s1. The van der Waals surface area contributed by atoms with E-state index in [4.69, 9.17) is 9.94 Å². The first-order chi connectivity index (χ1) is 14.9. The molecule has 0 saturated carbocycles. The van der Waals surface area contributed by atoms with Gasteiger partial charge in [0.2, 0.25) is 5.43 Å². The van der Waals surface area contributed by atoms with Gasteiger partial charge in [-0.15, -0.1) is 11.3 Å². The van der Waals surface area contributed by atoms with E-state index in [1.807, 2.05) is 4.90 Å². The highest BCUT2D eigenvalue weighted by atomic mass is 32.1. The molecule has 3 aromatic heterocycles. The fraction of sp³-hybridized carbons (Fsp3) is 0.316. The molecule has 1 aliphatic rings. The normalized spacial score (nSPS) is 14.4. The lowest BCUT2D eigenvalue weighted by Crippen LogP contribution is -2.48. The van der Waals surface area contributed by atoms with Gasteiger partial charge in [-0.25, -0.2) is 14.8 Å². The highest BCUT2D eigenvalue weighted by Crippen LogP contribution is 2.26. The molecule has 12 heteroatoms. The van der Waals surface area contributed by atoms with Crippen molar-refractivity contribution in [2.75, 3.05) is 31.2 Å². The maximum atomic E-state index is 12.8. The fourth-order valence-corrected chi connectivity index (χ4v) is 3.77. The van der Waals surface area contributed by atoms with Crippen LogP contribution in [0.2, 0.25) is 0 Å². The van der Waals surface area contributed by atoms with Crippen LogP contribution >= 0.6 is 11.3 Å². The number of aromatic carboxylic acids is 1. The van der Waals surface area contributed by atoms with Gasteiger partial charge in [0.25, 0.3) is 0 Å². The van der Waals surface area contributed by atoms with Crippen molar-refractivity contribution < 1.29 is 25.0 Å². The molecule has 0 radical (unpaired) electrons. The molecular formula is C19H19N5O6S. The molecule has 1 fully saturated rings. The summed E-state index contributed by atoms with van der Waals surface area (Å²) in [5.41, 5.74) is 0.733. The summed E-state index contributed by atoms with van der Waals surface area (Å²) in [6.45, 7) is 2.13. The Balaban J connectivity index is 1.70. The molecule has 1 atom stereocenters. The second kappa shape index (κ2) is 8.41. The zero-order valence-corrected chi connectivity index (χ0v) is 17.2. The van der Waals surface area contributed by atoms with Gasteiger partial charge in [0, 0.05) is 17.8 Å². The molecule has 0 unspecified atom stereocenters. The summed E-state index contributed by atoms with van der Waals surface area (Å²) in [6.07, 6.45) is 1.86. The van der Waals surface area contributed by atoms with Crippen molar-refractivity contribution in [2.45, 2.75) is 13.0 Å². The Morgan fingerprint density at radius 3 is 2.84 bits per heavy atom. The third-order valence-electron chi connectivity index (χ3n) is 4.74. The molecule has 162 valence electrons. The second-order valence-corrected chi connectivity index (χ2v) is 7.88. The van der Waals surface area contributed by atoms with Crippen molar-refractivity contribution >= 4 is 39.9 Å². The SMILES string of the molecule is Cc1cc(N2CC(=NOC[C@@H](O)CO)C2)nc2c1c(=O)c(C(=O)O)cn2-c1nccs1. The quantitative estimate of drug-likeness (QED) is 0.439. The predicted octanol–water partition coefficient (Wildman–Crippen LogP) is 0.395. The molecule has 11 nitrogen and oxygen atoms in total. The fourth-order valence-electron chi connectivity index (χ4n) is 3.15. The van der Waals surface area contributed by atoms with Crippen LogP contribution in [0.5, 0.6) is 0 Å². The van der Waals surface area contributed by atoms with Crippen LogP contribution in [0.15, 0.2) is 33.8 Å². The number of aromatic nitrogens is 3. The van der Waals surface area contributed by atoms with E-state index >= 15 is 0 Å². The minimum Gasteiger partial charge on any atom is -0.477 e. The molecule has 0 spiro atoms. The number of pyridine rings is 2. The number of nitrogens with zero attached hydrogens (tertiary/aromatic N) is 5. The lowest BCUT2D eigenvalue weighted by molar-refractivity contribution is 0.00789. The number of hydrogen-bond donors (Lipinski definition) is 3. The first-order valence-corrected chi connectivity index (χ1v) is 10.2. The molecule has 0 bridgehead atoms. The first-order valence-electron chi connectivity index (χ1n) is 9.30. The smallest absolute Gasteiger partial charge is 0.341 e. The van der Waals surface area contributed by atoms with Crippen molar-refractivity contribution in [1.29, 1.82) is 0 Å². The molecule has 31 heavy (non-hydrogen) atoms. The topological polar surface area (TPSA) is 150 Å². The molecular weight excluding hydrogens is 426 g/mol. The highest BCUT2D eigenvalue weighted by molar-refractivity contribution is 7.12. The van der Waals surface area contributed by atoms with Crippen molar-refractivity contribution in [1.82, 2.24) is 14.5 Å². The minimum atomic E-state index is -1.31. The maximum absolute atomic E-state index is 12.8. The van der Waals surface area contributed by atoms with Crippen LogP contribution in [0, 0.1) is 6.92 Å². The van der Waals surface area contributed by atoms with Gasteiger partial charge in [-0.2, -0.15) is 0 Å². The molecule has 1 saturated heterocycles. The minimum absolute atomic E-state index is 0.0979. The maximum Gasteiger partial charge on any atom is 0.341 e. The molecule has 3 aromatic rings. The van der Waals surface area contributed by atoms with E-state index in [9.17, 15) is 19.8 Å². The molecule has 4 rings (SSSR count). The molecule has 3 N–H and O–H groups in total. The van der Waals surface area contributed by atoms with Gasteiger partial charge in [-0.3, -0.25) is 9.36 Å². The van der Waals surface area contributed by atoms with Crippen LogP contribution in [-0.4, -0.2) is 73.9 Å². The Hall–Kier alpha value is -3.35. The highest BCUT2D eigenvalue weighted by Gasteiger charge is 2.26. The third-order valence-corrected chi connectivity index (χ3v) is 5.51. The zero-order chi connectivity index (χ0) is 22.1. The summed E-state index contributed by atoms with van der Waals surface area (Å²) in [7, 11) is 0. The average Bonchev–Trinajstić information content (AvgIpc) is 3.23. The molecule has 0 aliphatic carbocycles. The van der Waals surface area contributed by atoms with Crippen molar-refractivity contribution in [3.05, 3.63) is 45.2 Å². The zero-order valence-electron chi connectivity index (χ0n) is 16.4. The summed E-state index contributed by atoms with van der Waals surface area (Å²) >= 11 is 1.30. The van der Waals surface area contributed by atoms with Crippen LogP contribution in [-0.2, 0) is 4.84 Å². The Morgan fingerprint density at radius 2 is 2.19 bits per heavy atom. The Labute approximate surface area is 179 Å². The summed E-state index contributed by atoms with van der Waals surface area (Å²) in [6, 6.07) is 1.73. The number of carboxylic acids is 1. The number of rotatable bonds is 7. The van der Waals surface area contributed by atoms with E-state index in [2.05, 4.69) is 15.1 Å². The van der Waals surface area contributed by atoms with Crippen LogP contribution in [0.1, 0.15) is 15.9 Å². The number of aliphatic hydroxyl groups excluding tert-OH is 2. The lowest BCUT2D eigenvalue weighted by atomic mass is 10.1. The van der Waals surface area contributed by atoms with E-state index in [1.54, 1.807) is 24.6 Å². The number of oxime groups is 1. The number of anilines is 1. The Bertz CT molecular complexity index is 1210. The van der Waals surface area contributed by atoms with Crippen molar-refractivity contribution in [3.8, 4) is 5.13 Å². The lowest BCUT2D eigenvalue weighted by Gasteiger charge is -2.33. The van der Waals surface area contributed by atoms with Gasteiger partial charge < -0.3 is 25.1 Å². The average molecular weight is 445 g/mol. The number of carbonyl (C=O) groups is 1. The summed E-state index contributed by atoms with van der Waals surface area (Å²) in [5, 5.41) is 33.9. The second-order valence-electron chi connectivity index (χ2n) is 7.00. The molecule has 0 aromatic carbocycles. The van der Waals surface area contributed by atoms with Crippen molar-refractivity contribution in [2.24, 2.45) is 5.16 Å². The number of fused-ring (bicyclic) bond motifs is 1. The summed E-state index contributed by atoms with van der Waals surface area (Å²) < 4.78 is 1.52.